The summed E-state index contributed by atoms with van der Waals surface area (Å²) in [4.78, 5) is 14.3. The van der Waals surface area contributed by atoms with Crippen molar-refractivity contribution in [2.75, 3.05) is 12.3 Å². The number of nitrogens with zero attached hydrogens (tertiary/aromatic N) is 1. The number of hydrogen-bond donors (Lipinski definition) is 1. The van der Waals surface area contributed by atoms with Crippen LogP contribution in [0.4, 0.5) is 18.9 Å². The van der Waals surface area contributed by atoms with E-state index in [-0.39, 0.29) is 17.9 Å². The van der Waals surface area contributed by atoms with E-state index in [1.165, 1.54) is 0 Å². The van der Waals surface area contributed by atoms with Crippen molar-refractivity contribution in [3.63, 3.8) is 0 Å². The lowest BCUT2D eigenvalue weighted by Gasteiger charge is -2.11. The fraction of sp³-hybridized carbons (Fsp3) is 0.400. The summed E-state index contributed by atoms with van der Waals surface area (Å²) in [6.07, 6.45) is -4.21. The van der Waals surface area contributed by atoms with Gasteiger partial charge in [0.1, 0.15) is 5.69 Å². The first-order valence-corrected chi connectivity index (χ1v) is 4.81. The number of nitrogens with two attached hydrogens (primary N) is 1. The highest BCUT2D eigenvalue weighted by Crippen LogP contribution is 2.31. The second-order valence-electron chi connectivity index (χ2n) is 3.26. The van der Waals surface area contributed by atoms with Crippen molar-refractivity contribution in [1.82, 2.24) is 4.98 Å². The van der Waals surface area contributed by atoms with Crippen molar-refractivity contribution in [2.45, 2.75) is 19.5 Å². The van der Waals surface area contributed by atoms with Gasteiger partial charge in [0.2, 0.25) is 0 Å². The van der Waals surface area contributed by atoms with Gasteiger partial charge in [0.15, 0.2) is 0 Å². The fourth-order valence-electron chi connectivity index (χ4n) is 1.29. The van der Waals surface area contributed by atoms with Crippen molar-refractivity contribution in [2.24, 2.45) is 0 Å². The molecule has 7 heteroatoms. The molecule has 0 amide bonds. The molecule has 2 N–H and O–H groups in total. The molecule has 0 unspecified atom stereocenters. The second-order valence-corrected chi connectivity index (χ2v) is 3.26. The molecule has 0 atom stereocenters. The summed E-state index contributed by atoms with van der Waals surface area (Å²) in [5.74, 6) is -0.745. The maximum absolute atomic E-state index is 12.6. The number of esters is 1. The van der Waals surface area contributed by atoms with Crippen molar-refractivity contribution >= 4 is 11.7 Å². The van der Waals surface area contributed by atoms with E-state index >= 15 is 0 Å². The highest BCUT2D eigenvalue weighted by atomic mass is 19.4. The van der Waals surface area contributed by atoms with Gasteiger partial charge in [0.05, 0.1) is 24.9 Å². The Hall–Kier alpha value is -1.79. The minimum absolute atomic E-state index is 0.0669. The van der Waals surface area contributed by atoms with E-state index in [9.17, 15) is 18.0 Å². The van der Waals surface area contributed by atoms with Crippen LogP contribution in [0.15, 0.2) is 12.3 Å². The van der Waals surface area contributed by atoms with E-state index in [4.69, 9.17) is 5.73 Å². The van der Waals surface area contributed by atoms with Gasteiger partial charge in [0, 0.05) is 0 Å². The summed E-state index contributed by atoms with van der Waals surface area (Å²) in [5, 5.41) is 0. The fourth-order valence-corrected chi connectivity index (χ4v) is 1.29. The van der Waals surface area contributed by atoms with Gasteiger partial charge >= 0.3 is 12.1 Å². The number of aromatic nitrogens is 1. The molecule has 1 heterocycles. The molecule has 0 radical (unpaired) electrons. The Labute approximate surface area is 95.6 Å². The summed E-state index contributed by atoms with van der Waals surface area (Å²) in [6.45, 7) is 1.68. The Morgan fingerprint density at radius 3 is 2.71 bits per heavy atom. The number of carbonyl (C=O) groups excluding carboxylic acids is 1. The molecule has 0 bridgehead atoms. The molecule has 1 aromatic heterocycles. The predicted octanol–water partition coefficient (Wildman–Crippen LogP) is 1.79. The van der Waals surface area contributed by atoms with Crippen LogP contribution in [0, 0.1) is 0 Å². The SMILES string of the molecule is CCOC(=O)Cc1cc(N)cnc1C(F)(F)F. The Kier molecular flexibility index (Phi) is 3.93. The van der Waals surface area contributed by atoms with Gasteiger partial charge in [0.25, 0.3) is 0 Å². The maximum Gasteiger partial charge on any atom is 0.433 e. The smallest absolute Gasteiger partial charge is 0.433 e. The summed E-state index contributed by atoms with van der Waals surface area (Å²) < 4.78 is 42.3. The number of alkyl halides is 3. The standard InChI is InChI=1S/C10H11F3N2O2/c1-2-17-8(16)4-6-3-7(14)5-15-9(6)10(11,12)13/h3,5H,2,4,14H2,1H3. The molecular formula is C10H11F3N2O2. The number of nitrogen functional groups attached to an aromatic ring is 1. The van der Waals surface area contributed by atoms with E-state index in [0.29, 0.717) is 0 Å². The second kappa shape index (κ2) is 5.03. The molecule has 0 saturated carbocycles. The Morgan fingerprint density at radius 1 is 1.53 bits per heavy atom. The molecule has 0 aromatic carbocycles. The van der Waals surface area contributed by atoms with Crippen molar-refractivity contribution < 1.29 is 22.7 Å². The Balaban J connectivity index is 3.04. The van der Waals surface area contributed by atoms with Crippen LogP contribution in [0.2, 0.25) is 0 Å². The topological polar surface area (TPSA) is 65.2 Å². The van der Waals surface area contributed by atoms with E-state index in [0.717, 1.165) is 12.3 Å². The monoisotopic (exact) mass is 248 g/mol. The number of hydrogen-bond acceptors (Lipinski definition) is 4. The van der Waals surface area contributed by atoms with Crippen LogP contribution in [0.25, 0.3) is 0 Å². The molecule has 17 heavy (non-hydrogen) atoms. The minimum Gasteiger partial charge on any atom is -0.466 e. The molecule has 1 aromatic rings. The van der Waals surface area contributed by atoms with Crippen LogP contribution in [0.1, 0.15) is 18.2 Å². The molecule has 0 fully saturated rings. The number of halogens is 3. The molecule has 0 aliphatic carbocycles. The van der Waals surface area contributed by atoms with Gasteiger partial charge in [-0.2, -0.15) is 13.2 Å². The lowest BCUT2D eigenvalue weighted by Crippen LogP contribution is -2.16. The zero-order chi connectivity index (χ0) is 13.1. The average Bonchev–Trinajstić information content (AvgIpc) is 2.15. The van der Waals surface area contributed by atoms with Crippen LogP contribution in [0.3, 0.4) is 0 Å². The number of pyridine rings is 1. The zero-order valence-corrected chi connectivity index (χ0v) is 9.04. The van der Waals surface area contributed by atoms with Crippen LogP contribution in [-0.4, -0.2) is 17.6 Å². The van der Waals surface area contributed by atoms with E-state index < -0.39 is 24.3 Å². The van der Waals surface area contributed by atoms with Crippen LogP contribution < -0.4 is 5.73 Å². The first-order chi connectivity index (χ1) is 7.84. The normalized spacial score (nSPS) is 11.3. The van der Waals surface area contributed by atoms with Crippen molar-refractivity contribution in [3.8, 4) is 0 Å². The van der Waals surface area contributed by atoms with Crippen LogP contribution >= 0.6 is 0 Å². The third-order valence-corrected chi connectivity index (χ3v) is 1.90. The predicted molar refractivity (Wildman–Crippen MR) is 54.0 cm³/mol. The van der Waals surface area contributed by atoms with Gasteiger partial charge in [-0.15, -0.1) is 0 Å². The zero-order valence-electron chi connectivity index (χ0n) is 9.04. The summed E-state index contributed by atoms with van der Waals surface area (Å²) in [6, 6.07) is 1.08. The van der Waals surface area contributed by atoms with Gasteiger partial charge in [-0.05, 0) is 18.6 Å². The Morgan fingerprint density at radius 2 is 2.18 bits per heavy atom. The van der Waals surface area contributed by atoms with Crippen LogP contribution in [0.5, 0.6) is 0 Å². The maximum atomic E-state index is 12.6. The minimum atomic E-state index is -4.62. The third kappa shape index (κ3) is 3.61. The largest absolute Gasteiger partial charge is 0.466 e. The molecule has 0 saturated heterocycles. The van der Waals surface area contributed by atoms with E-state index in [1.54, 1.807) is 6.92 Å². The molecule has 94 valence electrons. The first kappa shape index (κ1) is 13.3. The van der Waals surface area contributed by atoms with Gasteiger partial charge in [-0.1, -0.05) is 0 Å². The van der Waals surface area contributed by atoms with Crippen molar-refractivity contribution in [3.05, 3.63) is 23.5 Å². The third-order valence-electron chi connectivity index (χ3n) is 1.90. The number of carbonyl (C=O) groups is 1. The van der Waals surface area contributed by atoms with Crippen LogP contribution in [-0.2, 0) is 22.1 Å². The summed E-state index contributed by atoms with van der Waals surface area (Å²) in [7, 11) is 0. The number of rotatable bonds is 3. The average molecular weight is 248 g/mol. The lowest BCUT2D eigenvalue weighted by atomic mass is 10.1. The van der Waals surface area contributed by atoms with Gasteiger partial charge in [-0.3, -0.25) is 4.79 Å². The van der Waals surface area contributed by atoms with E-state index in [2.05, 4.69) is 9.72 Å². The Bertz CT molecular complexity index is 419. The summed E-state index contributed by atoms with van der Waals surface area (Å²) >= 11 is 0. The quantitative estimate of drug-likeness (QED) is 0.828. The first-order valence-electron chi connectivity index (χ1n) is 4.81. The van der Waals surface area contributed by atoms with Crippen molar-refractivity contribution in [1.29, 1.82) is 0 Å². The lowest BCUT2D eigenvalue weighted by molar-refractivity contribution is -0.144. The van der Waals surface area contributed by atoms with Gasteiger partial charge in [-0.25, -0.2) is 4.98 Å². The molecular weight excluding hydrogens is 237 g/mol. The molecule has 4 nitrogen and oxygen atoms in total. The van der Waals surface area contributed by atoms with Gasteiger partial charge < -0.3 is 10.5 Å². The molecule has 0 spiro atoms. The molecule has 1 rings (SSSR count). The molecule has 0 aliphatic rings. The highest BCUT2D eigenvalue weighted by molar-refractivity contribution is 5.73. The van der Waals surface area contributed by atoms with E-state index in [1.807, 2.05) is 0 Å². The number of ether oxygens (including phenoxy) is 1. The summed E-state index contributed by atoms with van der Waals surface area (Å²) in [5.41, 5.74) is 4.01. The highest BCUT2D eigenvalue weighted by Gasteiger charge is 2.35. The molecule has 0 aliphatic heterocycles. The number of anilines is 1.